The van der Waals surface area contributed by atoms with Crippen molar-refractivity contribution in [1.29, 1.82) is 0 Å². The molecule has 0 amide bonds. The Morgan fingerprint density at radius 1 is 0.607 bits per heavy atom. The van der Waals surface area contributed by atoms with E-state index in [1.807, 2.05) is 11.3 Å². The smallest absolute Gasteiger partial charge is 0.144 e. The van der Waals surface area contributed by atoms with Crippen LogP contribution in [0.4, 0.5) is 11.4 Å². The minimum atomic E-state index is -0.405. The van der Waals surface area contributed by atoms with Gasteiger partial charge in [0.1, 0.15) is 11.2 Å². The molecule has 0 N–H and O–H groups in total. The van der Waals surface area contributed by atoms with Gasteiger partial charge in [0.25, 0.3) is 0 Å². The molecule has 14 rings (SSSR count). The Kier molecular flexibility index (Phi) is 6.72. The summed E-state index contributed by atoms with van der Waals surface area (Å²) in [6.45, 7) is 2.51. The first-order valence-corrected chi connectivity index (χ1v) is 22.2. The number of hydrogen-bond acceptors (Lipinski definition) is 3. The van der Waals surface area contributed by atoms with Crippen molar-refractivity contribution in [3.8, 4) is 22.3 Å². The summed E-state index contributed by atoms with van der Waals surface area (Å²) in [6, 6.07) is 65.3. The Morgan fingerprint density at radius 3 is 2.15 bits per heavy atom. The van der Waals surface area contributed by atoms with Gasteiger partial charge in [-0.05, 0) is 110 Å². The Labute approximate surface area is 356 Å². The lowest BCUT2D eigenvalue weighted by molar-refractivity contribution is 0.570. The fraction of sp³-hybridized carbons (Fsp3) is 0.0690. The number of hydrogen-bond donors (Lipinski definition) is 0. The molecule has 0 saturated heterocycles. The van der Waals surface area contributed by atoms with E-state index >= 15 is 0 Å². The van der Waals surface area contributed by atoms with Gasteiger partial charge in [0.15, 0.2) is 0 Å². The van der Waals surface area contributed by atoms with E-state index < -0.39 is 5.41 Å². The van der Waals surface area contributed by atoms with Crippen molar-refractivity contribution in [1.82, 2.24) is 0 Å². The maximum Gasteiger partial charge on any atom is 0.144 e. The van der Waals surface area contributed by atoms with Crippen LogP contribution in [0.1, 0.15) is 30.0 Å². The third-order valence-electron chi connectivity index (χ3n) is 14.2. The highest BCUT2D eigenvalue weighted by molar-refractivity contribution is 7.26. The van der Waals surface area contributed by atoms with Crippen LogP contribution in [0.2, 0.25) is 0 Å². The molecular formula is C58H37NOS. The van der Waals surface area contributed by atoms with E-state index in [9.17, 15) is 0 Å². The SMILES string of the molecule is CC12C3=C(C=CCC3N(c3ccc(-c4ccccc4)cc3)c3cc4ccccc4cc31)c1c2c2ccccc2c2c1oc1cccc(-c3cccc4c3sc3ccccc34)c12. The topological polar surface area (TPSA) is 16.4 Å². The highest BCUT2D eigenvalue weighted by atomic mass is 32.1. The molecule has 2 aliphatic carbocycles. The highest BCUT2D eigenvalue weighted by Crippen LogP contribution is 2.64. The zero-order valence-corrected chi connectivity index (χ0v) is 34.3. The van der Waals surface area contributed by atoms with Crippen molar-refractivity contribution in [2.24, 2.45) is 0 Å². The molecule has 9 aromatic carbocycles. The summed E-state index contributed by atoms with van der Waals surface area (Å²) in [6.07, 6.45) is 5.74. The lowest BCUT2D eigenvalue weighted by Gasteiger charge is -2.49. The van der Waals surface area contributed by atoms with Gasteiger partial charge in [-0.2, -0.15) is 0 Å². The minimum absolute atomic E-state index is 0.118. The van der Waals surface area contributed by atoms with Crippen molar-refractivity contribution >= 4 is 91.9 Å². The van der Waals surface area contributed by atoms with Gasteiger partial charge in [-0.1, -0.05) is 152 Å². The van der Waals surface area contributed by atoms with Gasteiger partial charge < -0.3 is 9.32 Å². The van der Waals surface area contributed by atoms with Gasteiger partial charge in [0.2, 0.25) is 0 Å². The molecule has 3 aliphatic rings. The first kappa shape index (κ1) is 33.6. The van der Waals surface area contributed by atoms with Gasteiger partial charge in [-0.25, -0.2) is 0 Å². The fourth-order valence-corrected chi connectivity index (χ4v) is 12.9. The van der Waals surface area contributed by atoms with Crippen LogP contribution in [0.15, 0.2) is 198 Å². The van der Waals surface area contributed by atoms with Crippen LogP contribution in [-0.2, 0) is 5.41 Å². The molecule has 11 aromatic rings. The Balaban J connectivity index is 1.08. The van der Waals surface area contributed by atoms with E-state index in [1.54, 1.807) is 0 Å². The quantitative estimate of drug-likeness (QED) is 0.177. The normalized spacial score (nSPS) is 17.9. The third kappa shape index (κ3) is 4.41. The fourth-order valence-electron chi connectivity index (χ4n) is 11.6. The zero-order valence-electron chi connectivity index (χ0n) is 33.4. The van der Waals surface area contributed by atoms with Crippen LogP contribution in [0.3, 0.4) is 0 Å². The molecule has 0 bridgehead atoms. The molecule has 0 fully saturated rings. The summed E-state index contributed by atoms with van der Waals surface area (Å²) in [5, 5.41) is 10.1. The lowest BCUT2D eigenvalue weighted by Crippen LogP contribution is -2.46. The number of nitrogens with zero attached hydrogens (tertiary/aromatic N) is 1. The molecule has 286 valence electrons. The minimum Gasteiger partial charge on any atom is -0.455 e. The van der Waals surface area contributed by atoms with Crippen LogP contribution in [0.5, 0.6) is 0 Å². The summed E-state index contributed by atoms with van der Waals surface area (Å²) in [5.74, 6) is 0. The number of benzene rings is 9. The number of fused-ring (bicyclic) bond motifs is 16. The van der Waals surface area contributed by atoms with Crippen LogP contribution in [0.25, 0.3) is 91.5 Å². The third-order valence-corrected chi connectivity index (χ3v) is 15.4. The molecule has 0 saturated carbocycles. The number of allylic oxidation sites excluding steroid dienone is 2. The Bertz CT molecular complexity index is 3750. The van der Waals surface area contributed by atoms with Gasteiger partial charge in [-0.3, -0.25) is 0 Å². The largest absolute Gasteiger partial charge is 0.455 e. The second-order valence-corrected chi connectivity index (χ2v) is 18.2. The van der Waals surface area contributed by atoms with E-state index in [2.05, 4.69) is 200 Å². The maximum absolute atomic E-state index is 7.33. The first-order chi connectivity index (χ1) is 30.1. The van der Waals surface area contributed by atoms with Crippen molar-refractivity contribution in [3.63, 3.8) is 0 Å². The maximum atomic E-state index is 7.33. The standard InChI is InChI=1S/C58H37NOS/c1-58-46-32-36-16-5-6-17-37(36)33-48(46)59(38-30-28-35(29-31-38)34-14-3-2-4-15-34)47-25-12-24-45(54(47)58)53-55(58)42-20-8-7-19-40(42)52-51-41(21-13-26-49(51)60-56(52)53)44-23-11-22-43-39-18-9-10-27-50(39)61-57(43)44/h2-24,26-33,47H,25H2,1H3. The first-order valence-electron chi connectivity index (χ1n) is 21.4. The van der Waals surface area contributed by atoms with Crippen LogP contribution in [0, 0.1) is 0 Å². The number of furan rings is 1. The molecule has 2 nitrogen and oxygen atoms in total. The number of rotatable bonds is 3. The van der Waals surface area contributed by atoms with E-state index in [4.69, 9.17) is 4.42 Å². The Hall–Kier alpha value is -7.20. The molecule has 2 unspecified atom stereocenters. The molecule has 2 atom stereocenters. The van der Waals surface area contributed by atoms with Crippen molar-refractivity contribution in [2.75, 3.05) is 4.90 Å². The van der Waals surface area contributed by atoms with Gasteiger partial charge in [-0.15, -0.1) is 11.3 Å². The van der Waals surface area contributed by atoms with Crippen molar-refractivity contribution in [3.05, 3.63) is 210 Å². The molecule has 0 spiro atoms. The summed E-state index contributed by atoms with van der Waals surface area (Å²) >= 11 is 1.89. The lowest BCUT2D eigenvalue weighted by atomic mass is 9.65. The predicted molar refractivity (Wildman–Crippen MR) is 258 cm³/mol. The van der Waals surface area contributed by atoms with E-state index in [0.717, 1.165) is 17.6 Å². The highest BCUT2D eigenvalue weighted by Gasteiger charge is 2.54. The van der Waals surface area contributed by atoms with Crippen LogP contribution in [-0.4, -0.2) is 6.04 Å². The number of anilines is 2. The van der Waals surface area contributed by atoms with Gasteiger partial charge in [0, 0.05) is 58.9 Å². The molecule has 1 aliphatic heterocycles. The molecule has 3 heterocycles. The average molecular weight is 796 g/mol. The Morgan fingerprint density at radius 2 is 1.30 bits per heavy atom. The molecule has 3 heteroatoms. The monoisotopic (exact) mass is 795 g/mol. The van der Waals surface area contributed by atoms with Crippen molar-refractivity contribution < 1.29 is 4.42 Å². The predicted octanol–water partition coefficient (Wildman–Crippen LogP) is 16.1. The van der Waals surface area contributed by atoms with E-state index in [-0.39, 0.29) is 6.04 Å². The van der Waals surface area contributed by atoms with Crippen molar-refractivity contribution in [2.45, 2.75) is 24.8 Å². The van der Waals surface area contributed by atoms with E-state index in [0.29, 0.717) is 0 Å². The molecular weight excluding hydrogens is 759 g/mol. The van der Waals surface area contributed by atoms with Crippen LogP contribution >= 0.6 is 11.3 Å². The summed E-state index contributed by atoms with van der Waals surface area (Å²) in [7, 11) is 0. The molecule has 2 aromatic heterocycles. The van der Waals surface area contributed by atoms with E-state index in [1.165, 1.54) is 114 Å². The molecule has 0 radical (unpaired) electrons. The summed E-state index contributed by atoms with van der Waals surface area (Å²) < 4.78 is 9.96. The van der Waals surface area contributed by atoms with Crippen LogP contribution < -0.4 is 4.90 Å². The summed E-state index contributed by atoms with van der Waals surface area (Å²) in [5.41, 5.74) is 15.6. The number of thiophene rings is 1. The second-order valence-electron chi connectivity index (χ2n) is 17.2. The zero-order chi connectivity index (χ0) is 40.0. The average Bonchev–Trinajstić information content (AvgIpc) is 3.99. The summed E-state index contributed by atoms with van der Waals surface area (Å²) in [4.78, 5) is 2.64. The molecule has 61 heavy (non-hydrogen) atoms. The second kappa shape index (κ2) is 12.2. The van der Waals surface area contributed by atoms with Gasteiger partial charge >= 0.3 is 0 Å². The van der Waals surface area contributed by atoms with Gasteiger partial charge in [0.05, 0.1) is 6.04 Å².